The number of anilines is 1. The number of rotatable bonds is 5. The van der Waals surface area contributed by atoms with E-state index in [1.54, 1.807) is 22.3 Å². The fourth-order valence-electron chi connectivity index (χ4n) is 2.62. The molecule has 1 aliphatic rings. The molecule has 1 N–H and O–H groups in total. The molecule has 1 saturated heterocycles. The lowest BCUT2D eigenvalue weighted by atomic mass is 10.2. The molecular weight excluding hydrogens is 322 g/mol. The first-order valence-electron chi connectivity index (χ1n) is 7.89. The molecule has 0 saturated carbocycles. The van der Waals surface area contributed by atoms with Crippen LogP contribution in [0.4, 0.5) is 5.69 Å². The molecule has 124 valence electrons. The van der Waals surface area contributed by atoms with Crippen LogP contribution >= 0.6 is 11.3 Å². The summed E-state index contributed by atoms with van der Waals surface area (Å²) in [7, 11) is 0. The van der Waals surface area contributed by atoms with Crippen LogP contribution in [0.5, 0.6) is 0 Å². The van der Waals surface area contributed by atoms with Crippen molar-refractivity contribution in [3.05, 3.63) is 52.0 Å². The predicted molar refractivity (Wildman–Crippen MR) is 95.8 cm³/mol. The normalized spacial score (nSPS) is 14.5. The van der Waals surface area contributed by atoms with Crippen molar-refractivity contribution in [2.75, 3.05) is 11.4 Å². The number of aryl methyl sites for hydroxylation is 1. The molecule has 0 spiro atoms. The largest absolute Gasteiger partial charge is 0.348 e. The van der Waals surface area contributed by atoms with Gasteiger partial charge in [-0.05, 0) is 37.1 Å². The number of nitrogens with zero attached hydrogens (tertiary/aromatic N) is 2. The summed E-state index contributed by atoms with van der Waals surface area (Å²) in [5.41, 5.74) is 2.67. The molecule has 1 aromatic heterocycles. The molecule has 1 aliphatic heterocycles. The molecule has 0 atom stereocenters. The van der Waals surface area contributed by atoms with E-state index >= 15 is 0 Å². The van der Waals surface area contributed by atoms with Crippen molar-refractivity contribution in [3.8, 4) is 0 Å². The summed E-state index contributed by atoms with van der Waals surface area (Å²) in [5.74, 6) is 0.000908. The van der Waals surface area contributed by atoms with E-state index in [1.807, 2.05) is 36.6 Å². The third kappa shape index (κ3) is 4.08. The summed E-state index contributed by atoms with van der Waals surface area (Å²) in [6.07, 6.45) is 4.71. The Balaban J connectivity index is 1.57. The van der Waals surface area contributed by atoms with Crippen molar-refractivity contribution < 1.29 is 9.59 Å². The molecular formula is C18H19N3O2S. The zero-order chi connectivity index (χ0) is 16.9. The lowest BCUT2D eigenvalue weighted by Crippen LogP contribution is -2.24. The predicted octanol–water partition coefficient (Wildman–Crippen LogP) is 2.91. The number of aromatic nitrogens is 1. The van der Waals surface area contributed by atoms with Crippen LogP contribution in [0, 0.1) is 6.92 Å². The zero-order valence-corrected chi connectivity index (χ0v) is 14.3. The van der Waals surface area contributed by atoms with Gasteiger partial charge in [0, 0.05) is 36.7 Å². The average Bonchev–Trinajstić information content (AvgIpc) is 3.19. The minimum Gasteiger partial charge on any atom is -0.348 e. The molecule has 3 rings (SSSR count). The second kappa shape index (κ2) is 7.40. The van der Waals surface area contributed by atoms with E-state index in [-0.39, 0.29) is 11.8 Å². The van der Waals surface area contributed by atoms with Crippen LogP contribution in [-0.2, 0) is 16.1 Å². The Morgan fingerprint density at radius 1 is 1.46 bits per heavy atom. The Labute approximate surface area is 145 Å². The van der Waals surface area contributed by atoms with Gasteiger partial charge in [-0.3, -0.25) is 9.59 Å². The Morgan fingerprint density at radius 3 is 3.04 bits per heavy atom. The molecule has 1 fully saturated rings. The highest BCUT2D eigenvalue weighted by molar-refractivity contribution is 7.09. The number of carbonyl (C=O) groups is 2. The maximum absolute atomic E-state index is 11.9. The van der Waals surface area contributed by atoms with Crippen LogP contribution in [0.1, 0.15) is 29.1 Å². The van der Waals surface area contributed by atoms with Gasteiger partial charge in [-0.25, -0.2) is 4.98 Å². The van der Waals surface area contributed by atoms with E-state index in [9.17, 15) is 9.59 Å². The number of hydrogen-bond acceptors (Lipinski definition) is 4. The smallest absolute Gasteiger partial charge is 0.244 e. The Kier molecular flexibility index (Phi) is 5.05. The monoisotopic (exact) mass is 341 g/mol. The van der Waals surface area contributed by atoms with Gasteiger partial charge < -0.3 is 10.2 Å². The summed E-state index contributed by atoms with van der Waals surface area (Å²) in [6.45, 7) is 3.12. The SMILES string of the molecule is Cc1nc(/C=C\C(=O)NCc2cccc(N3CCCC3=O)c2)cs1. The van der Waals surface area contributed by atoms with Crippen molar-refractivity contribution >= 4 is 34.9 Å². The molecule has 0 unspecified atom stereocenters. The highest BCUT2D eigenvalue weighted by Crippen LogP contribution is 2.22. The zero-order valence-electron chi connectivity index (χ0n) is 13.5. The maximum Gasteiger partial charge on any atom is 0.244 e. The van der Waals surface area contributed by atoms with Gasteiger partial charge in [0.1, 0.15) is 0 Å². The number of carbonyl (C=O) groups excluding carboxylic acids is 2. The first kappa shape index (κ1) is 16.4. The van der Waals surface area contributed by atoms with E-state index in [0.717, 1.165) is 34.9 Å². The first-order chi connectivity index (χ1) is 11.6. The summed E-state index contributed by atoms with van der Waals surface area (Å²) >= 11 is 1.55. The van der Waals surface area contributed by atoms with Gasteiger partial charge in [0.25, 0.3) is 0 Å². The van der Waals surface area contributed by atoms with E-state index < -0.39 is 0 Å². The highest BCUT2D eigenvalue weighted by atomic mass is 32.1. The minimum atomic E-state index is -0.164. The van der Waals surface area contributed by atoms with Crippen LogP contribution in [0.15, 0.2) is 35.7 Å². The van der Waals surface area contributed by atoms with E-state index in [0.29, 0.717) is 13.0 Å². The van der Waals surface area contributed by atoms with Crippen molar-refractivity contribution in [2.24, 2.45) is 0 Å². The summed E-state index contributed by atoms with van der Waals surface area (Å²) in [6, 6.07) is 7.74. The summed E-state index contributed by atoms with van der Waals surface area (Å²) in [5, 5.41) is 5.74. The Morgan fingerprint density at radius 2 is 2.33 bits per heavy atom. The fourth-order valence-corrected chi connectivity index (χ4v) is 3.20. The number of nitrogens with one attached hydrogen (secondary N) is 1. The number of amides is 2. The lowest BCUT2D eigenvalue weighted by molar-refractivity contribution is -0.117. The fraction of sp³-hybridized carbons (Fsp3) is 0.278. The third-order valence-corrected chi connectivity index (χ3v) is 4.60. The second-order valence-electron chi connectivity index (χ2n) is 5.66. The maximum atomic E-state index is 11.9. The van der Waals surface area contributed by atoms with Gasteiger partial charge in [0.15, 0.2) is 0 Å². The van der Waals surface area contributed by atoms with Crippen LogP contribution in [-0.4, -0.2) is 23.3 Å². The molecule has 0 radical (unpaired) electrons. The standard InChI is InChI=1S/C18H19N3O2S/c1-13-20-15(12-24-13)7-8-17(22)19-11-14-4-2-5-16(10-14)21-9-3-6-18(21)23/h2,4-5,7-8,10,12H,3,6,9,11H2,1H3,(H,19,22)/b8-7-. The summed E-state index contributed by atoms with van der Waals surface area (Å²) in [4.78, 5) is 29.8. The molecule has 2 amide bonds. The highest BCUT2D eigenvalue weighted by Gasteiger charge is 2.21. The minimum absolute atomic E-state index is 0.164. The van der Waals surface area contributed by atoms with Crippen LogP contribution < -0.4 is 10.2 Å². The molecule has 2 heterocycles. The van der Waals surface area contributed by atoms with Gasteiger partial charge in [-0.2, -0.15) is 0 Å². The Hall–Kier alpha value is -2.47. The molecule has 0 bridgehead atoms. The average molecular weight is 341 g/mol. The number of benzene rings is 1. The topological polar surface area (TPSA) is 62.3 Å². The first-order valence-corrected chi connectivity index (χ1v) is 8.77. The van der Waals surface area contributed by atoms with Crippen LogP contribution in [0.2, 0.25) is 0 Å². The van der Waals surface area contributed by atoms with Crippen LogP contribution in [0.25, 0.3) is 6.08 Å². The quantitative estimate of drug-likeness (QED) is 0.851. The molecule has 2 aromatic rings. The van der Waals surface area contributed by atoms with Crippen molar-refractivity contribution in [1.29, 1.82) is 0 Å². The van der Waals surface area contributed by atoms with Gasteiger partial charge >= 0.3 is 0 Å². The van der Waals surface area contributed by atoms with Gasteiger partial charge in [-0.1, -0.05) is 12.1 Å². The molecule has 5 nitrogen and oxygen atoms in total. The van der Waals surface area contributed by atoms with Gasteiger partial charge in [0.2, 0.25) is 11.8 Å². The van der Waals surface area contributed by atoms with E-state index in [2.05, 4.69) is 10.3 Å². The molecule has 1 aromatic carbocycles. The Bertz CT molecular complexity index is 782. The molecule has 24 heavy (non-hydrogen) atoms. The van der Waals surface area contributed by atoms with Crippen molar-refractivity contribution in [1.82, 2.24) is 10.3 Å². The number of thiazole rings is 1. The van der Waals surface area contributed by atoms with Gasteiger partial charge in [-0.15, -0.1) is 11.3 Å². The van der Waals surface area contributed by atoms with Gasteiger partial charge in [0.05, 0.1) is 10.7 Å². The van der Waals surface area contributed by atoms with E-state index in [4.69, 9.17) is 0 Å². The summed E-state index contributed by atoms with van der Waals surface area (Å²) < 4.78 is 0. The molecule has 6 heteroatoms. The van der Waals surface area contributed by atoms with Crippen molar-refractivity contribution in [2.45, 2.75) is 26.3 Å². The molecule has 0 aliphatic carbocycles. The lowest BCUT2D eigenvalue weighted by Gasteiger charge is -2.16. The number of hydrogen-bond donors (Lipinski definition) is 1. The van der Waals surface area contributed by atoms with Crippen LogP contribution in [0.3, 0.4) is 0 Å². The second-order valence-corrected chi connectivity index (χ2v) is 6.72. The third-order valence-electron chi connectivity index (χ3n) is 3.80. The van der Waals surface area contributed by atoms with E-state index in [1.165, 1.54) is 6.08 Å². The van der Waals surface area contributed by atoms with Crippen molar-refractivity contribution in [3.63, 3.8) is 0 Å².